The standard InChI is InChI=1S/C10H16O/c1-6-7(2)9-5-3-4-8(6)10(9)11/h8-11H,3-5H2,1-2H3. The van der Waals surface area contributed by atoms with Crippen molar-refractivity contribution in [3.8, 4) is 0 Å². The van der Waals surface area contributed by atoms with Crippen molar-refractivity contribution >= 4 is 0 Å². The van der Waals surface area contributed by atoms with Crippen molar-refractivity contribution in [2.75, 3.05) is 0 Å². The first-order valence-corrected chi connectivity index (χ1v) is 4.57. The van der Waals surface area contributed by atoms with E-state index in [-0.39, 0.29) is 6.10 Å². The summed E-state index contributed by atoms with van der Waals surface area (Å²) < 4.78 is 0. The molecule has 0 amide bonds. The van der Waals surface area contributed by atoms with Crippen molar-refractivity contribution in [2.24, 2.45) is 11.8 Å². The summed E-state index contributed by atoms with van der Waals surface area (Å²) in [5.41, 5.74) is 2.94. The van der Waals surface area contributed by atoms with E-state index in [0.717, 1.165) is 0 Å². The molecule has 1 saturated carbocycles. The molecular weight excluding hydrogens is 136 g/mol. The first-order valence-electron chi connectivity index (χ1n) is 4.57. The molecule has 0 saturated heterocycles. The van der Waals surface area contributed by atoms with Crippen molar-refractivity contribution < 1.29 is 5.11 Å². The van der Waals surface area contributed by atoms with E-state index in [1.54, 1.807) is 0 Å². The van der Waals surface area contributed by atoms with Gasteiger partial charge in [-0.15, -0.1) is 0 Å². The highest BCUT2D eigenvalue weighted by Crippen LogP contribution is 2.45. The lowest BCUT2D eigenvalue weighted by molar-refractivity contribution is 0.0659. The average Bonchev–Trinajstić information content (AvgIpc) is 2.19. The number of rotatable bonds is 0. The van der Waals surface area contributed by atoms with E-state index in [0.29, 0.717) is 11.8 Å². The Balaban J connectivity index is 2.33. The van der Waals surface area contributed by atoms with E-state index in [9.17, 15) is 5.11 Å². The van der Waals surface area contributed by atoms with Gasteiger partial charge in [-0.2, -0.15) is 0 Å². The molecule has 0 aliphatic heterocycles. The fourth-order valence-corrected chi connectivity index (χ4v) is 2.71. The van der Waals surface area contributed by atoms with Crippen LogP contribution < -0.4 is 0 Å². The largest absolute Gasteiger partial charge is 0.392 e. The highest BCUT2D eigenvalue weighted by molar-refractivity contribution is 5.27. The molecule has 0 aromatic rings. The second-order valence-electron chi connectivity index (χ2n) is 4.00. The van der Waals surface area contributed by atoms with Crippen molar-refractivity contribution in [2.45, 2.75) is 39.2 Å². The fourth-order valence-electron chi connectivity index (χ4n) is 2.71. The lowest BCUT2D eigenvalue weighted by Gasteiger charge is -2.27. The van der Waals surface area contributed by atoms with E-state index in [1.807, 2.05) is 0 Å². The van der Waals surface area contributed by atoms with E-state index < -0.39 is 0 Å². The van der Waals surface area contributed by atoms with Gasteiger partial charge in [0.15, 0.2) is 0 Å². The molecule has 2 atom stereocenters. The van der Waals surface area contributed by atoms with Gasteiger partial charge in [0, 0.05) is 11.8 Å². The normalized spacial score (nSPS) is 43.4. The Hall–Kier alpha value is -0.300. The van der Waals surface area contributed by atoms with Crippen molar-refractivity contribution in [1.29, 1.82) is 0 Å². The second kappa shape index (κ2) is 2.34. The minimum absolute atomic E-state index is 0.0382. The van der Waals surface area contributed by atoms with Crippen LogP contribution in [-0.2, 0) is 0 Å². The smallest absolute Gasteiger partial charge is 0.0670 e. The maximum Gasteiger partial charge on any atom is 0.0670 e. The molecule has 1 fully saturated rings. The highest BCUT2D eigenvalue weighted by Gasteiger charge is 2.40. The van der Waals surface area contributed by atoms with Gasteiger partial charge < -0.3 is 5.11 Å². The maximum absolute atomic E-state index is 9.81. The maximum atomic E-state index is 9.81. The lowest BCUT2D eigenvalue weighted by atomic mass is 9.83. The average molecular weight is 152 g/mol. The zero-order valence-corrected chi connectivity index (χ0v) is 7.30. The Morgan fingerprint density at radius 1 is 1.09 bits per heavy atom. The quantitative estimate of drug-likeness (QED) is 0.527. The van der Waals surface area contributed by atoms with E-state index in [1.165, 1.54) is 30.4 Å². The second-order valence-corrected chi connectivity index (χ2v) is 4.00. The van der Waals surface area contributed by atoms with E-state index >= 15 is 0 Å². The summed E-state index contributed by atoms with van der Waals surface area (Å²) in [7, 11) is 0. The Labute approximate surface area is 68.1 Å². The molecular formula is C10H16O. The molecule has 2 bridgehead atoms. The van der Waals surface area contributed by atoms with Crippen LogP contribution in [0.25, 0.3) is 0 Å². The first kappa shape index (κ1) is 7.35. The summed E-state index contributed by atoms with van der Waals surface area (Å²) in [5.74, 6) is 1.02. The zero-order chi connectivity index (χ0) is 8.01. The molecule has 1 heteroatoms. The molecule has 11 heavy (non-hydrogen) atoms. The number of fused-ring (bicyclic) bond motifs is 2. The van der Waals surface area contributed by atoms with Crippen LogP contribution in [0.5, 0.6) is 0 Å². The predicted octanol–water partition coefficient (Wildman–Crippen LogP) is 2.11. The Morgan fingerprint density at radius 3 is 1.91 bits per heavy atom. The zero-order valence-electron chi connectivity index (χ0n) is 7.30. The van der Waals surface area contributed by atoms with Crippen LogP contribution in [0.2, 0.25) is 0 Å². The monoisotopic (exact) mass is 152 g/mol. The summed E-state index contributed by atoms with van der Waals surface area (Å²) in [6.45, 7) is 4.38. The molecule has 0 heterocycles. The van der Waals surface area contributed by atoms with Gasteiger partial charge in [0.05, 0.1) is 6.10 Å². The molecule has 0 aromatic heterocycles. The Kier molecular flexibility index (Phi) is 1.57. The number of hydrogen-bond donors (Lipinski definition) is 1. The van der Waals surface area contributed by atoms with Gasteiger partial charge in [-0.25, -0.2) is 0 Å². The summed E-state index contributed by atoms with van der Waals surface area (Å²) in [6, 6.07) is 0. The molecule has 0 spiro atoms. The topological polar surface area (TPSA) is 20.2 Å². The van der Waals surface area contributed by atoms with E-state index in [4.69, 9.17) is 0 Å². The van der Waals surface area contributed by atoms with Crippen molar-refractivity contribution in [1.82, 2.24) is 0 Å². The number of aliphatic hydroxyl groups is 1. The minimum Gasteiger partial charge on any atom is -0.392 e. The van der Waals surface area contributed by atoms with Gasteiger partial charge in [-0.3, -0.25) is 0 Å². The van der Waals surface area contributed by atoms with Crippen molar-refractivity contribution in [3.63, 3.8) is 0 Å². The van der Waals surface area contributed by atoms with Gasteiger partial charge in [0.2, 0.25) is 0 Å². The third kappa shape index (κ3) is 0.871. The number of aliphatic hydroxyl groups excluding tert-OH is 1. The van der Waals surface area contributed by atoms with Crippen LogP contribution in [0.3, 0.4) is 0 Å². The SMILES string of the molecule is CC1=C(C)C2CCCC1C2O. The van der Waals surface area contributed by atoms with Gasteiger partial charge in [0.1, 0.15) is 0 Å². The molecule has 1 N–H and O–H groups in total. The fraction of sp³-hybridized carbons (Fsp3) is 0.800. The van der Waals surface area contributed by atoms with Crippen LogP contribution in [0, 0.1) is 11.8 Å². The van der Waals surface area contributed by atoms with Crippen LogP contribution in [0.15, 0.2) is 11.1 Å². The molecule has 1 nitrogen and oxygen atoms in total. The van der Waals surface area contributed by atoms with Gasteiger partial charge in [0.25, 0.3) is 0 Å². The molecule has 0 radical (unpaired) electrons. The Morgan fingerprint density at radius 2 is 1.55 bits per heavy atom. The van der Waals surface area contributed by atoms with Crippen LogP contribution in [0.1, 0.15) is 33.1 Å². The molecule has 2 unspecified atom stereocenters. The lowest BCUT2D eigenvalue weighted by Crippen LogP contribution is -2.27. The summed E-state index contributed by atoms with van der Waals surface area (Å²) >= 11 is 0. The summed E-state index contributed by atoms with van der Waals surface area (Å²) in [4.78, 5) is 0. The van der Waals surface area contributed by atoms with Crippen LogP contribution in [0.4, 0.5) is 0 Å². The third-order valence-corrected chi connectivity index (χ3v) is 3.59. The summed E-state index contributed by atoms with van der Waals surface area (Å²) in [5, 5.41) is 9.81. The first-order chi connectivity index (χ1) is 5.22. The molecule has 2 rings (SSSR count). The van der Waals surface area contributed by atoms with E-state index in [2.05, 4.69) is 13.8 Å². The van der Waals surface area contributed by atoms with Crippen LogP contribution in [-0.4, -0.2) is 11.2 Å². The van der Waals surface area contributed by atoms with Crippen LogP contribution >= 0.6 is 0 Å². The third-order valence-electron chi connectivity index (χ3n) is 3.59. The van der Waals surface area contributed by atoms with Gasteiger partial charge in [-0.05, 0) is 26.7 Å². The Bertz CT molecular complexity index is 185. The molecule has 62 valence electrons. The predicted molar refractivity (Wildman–Crippen MR) is 45.2 cm³/mol. The molecule has 2 aliphatic rings. The number of hydrogen-bond acceptors (Lipinski definition) is 1. The minimum atomic E-state index is -0.0382. The van der Waals surface area contributed by atoms with Crippen molar-refractivity contribution in [3.05, 3.63) is 11.1 Å². The van der Waals surface area contributed by atoms with Gasteiger partial charge >= 0.3 is 0 Å². The molecule has 2 aliphatic carbocycles. The summed E-state index contributed by atoms with van der Waals surface area (Å²) in [6.07, 6.45) is 3.69. The van der Waals surface area contributed by atoms with Gasteiger partial charge in [-0.1, -0.05) is 17.6 Å². The molecule has 0 aromatic carbocycles. The highest BCUT2D eigenvalue weighted by atomic mass is 16.3.